The molecule has 0 radical (unpaired) electrons. The zero-order valence-electron chi connectivity index (χ0n) is 33.6. The minimum absolute atomic E-state index is 0.0259. The van der Waals surface area contributed by atoms with E-state index in [0.29, 0.717) is 17.7 Å². The molecule has 6 unspecified atom stereocenters. The molecule has 62 heavy (non-hydrogen) atoms. The van der Waals surface area contributed by atoms with Crippen molar-refractivity contribution in [3.63, 3.8) is 0 Å². The first-order valence-corrected chi connectivity index (χ1v) is 20.6. The number of carbonyl (C=O) groups is 4. The number of nitrogens with zero attached hydrogens (tertiary/aromatic N) is 2. The van der Waals surface area contributed by atoms with Crippen LogP contribution in [0.4, 0.5) is 0 Å². The molecular weight excluding hydrogens is 845 g/mol. The van der Waals surface area contributed by atoms with Crippen molar-refractivity contribution in [1.29, 1.82) is 0 Å². The third kappa shape index (κ3) is 16.6. The van der Waals surface area contributed by atoms with Crippen molar-refractivity contribution >= 4 is 41.5 Å². The third-order valence-corrected chi connectivity index (χ3v) is 10.6. The van der Waals surface area contributed by atoms with Crippen molar-refractivity contribution in [1.82, 2.24) is 15.3 Å². The fourth-order valence-corrected chi connectivity index (χ4v) is 6.80. The number of aromatic nitrogens is 2. The zero-order chi connectivity index (χ0) is 45.9. The van der Waals surface area contributed by atoms with Crippen LogP contribution < -0.4 is 11.1 Å². The highest BCUT2D eigenvalue weighted by Crippen LogP contribution is 2.24. The molecule has 13 N–H and O–H groups in total. The Morgan fingerprint density at radius 2 is 1.34 bits per heavy atom. The van der Waals surface area contributed by atoms with E-state index < -0.39 is 110 Å². The van der Waals surface area contributed by atoms with Crippen LogP contribution >= 0.6 is 11.8 Å². The largest absolute Gasteiger partial charge is 0.481 e. The molecule has 2 saturated heterocycles. The van der Waals surface area contributed by atoms with Crippen LogP contribution in [0.2, 0.25) is 0 Å². The Hall–Kier alpha value is -4.05. The number of aliphatic carboxylic acids is 2. The fraction of sp³-hybridized carbons (Fsp3) is 0.590. The van der Waals surface area contributed by atoms with Crippen molar-refractivity contribution < 1.29 is 89.2 Å². The molecule has 2 aromatic rings. The van der Waals surface area contributed by atoms with E-state index >= 15 is 0 Å². The van der Waals surface area contributed by atoms with E-state index in [-0.39, 0.29) is 44.6 Å². The summed E-state index contributed by atoms with van der Waals surface area (Å²) in [4.78, 5) is 54.8. The van der Waals surface area contributed by atoms with Crippen molar-refractivity contribution in [2.75, 3.05) is 24.7 Å². The normalized spacial score (nSPS) is 26.9. The van der Waals surface area contributed by atoms with Gasteiger partial charge in [0, 0.05) is 36.7 Å². The number of carbonyl (C=O) groups excluding carboxylic acids is 2. The topological polar surface area (TPSA) is 371 Å². The quantitative estimate of drug-likeness (QED) is 0.0489. The summed E-state index contributed by atoms with van der Waals surface area (Å²) >= 11 is 1.35. The summed E-state index contributed by atoms with van der Waals surface area (Å²) in [7, 11) is 0. The Bertz CT molecular complexity index is 1710. The van der Waals surface area contributed by atoms with Gasteiger partial charge < -0.3 is 81.1 Å². The van der Waals surface area contributed by atoms with Crippen LogP contribution in [-0.2, 0) is 57.8 Å². The number of carboxylic acid groups (broad SMARTS) is 2. The van der Waals surface area contributed by atoms with Crippen LogP contribution in [0, 0.1) is 0 Å². The molecule has 2 aliphatic rings. The van der Waals surface area contributed by atoms with Gasteiger partial charge in [0.05, 0.1) is 44.6 Å². The van der Waals surface area contributed by atoms with Gasteiger partial charge in [0.2, 0.25) is 5.91 Å². The summed E-state index contributed by atoms with van der Waals surface area (Å²) in [6.45, 7) is 2.63. The lowest BCUT2D eigenvalue weighted by Gasteiger charge is -2.39. The molecule has 2 aromatic heterocycles. The van der Waals surface area contributed by atoms with E-state index in [2.05, 4.69) is 21.9 Å². The second-order valence-electron chi connectivity index (χ2n) is 14.3. The highest BCUT2D eigenvalue weighted by molar-refractivity contribution is 7.99. The summed E-state index contributed by atoms with van der Waals surface area (Å²) in [5, 5.41) is 97.4. The van der Waals surface area contributed by atoms with Crippen molar-refractivity contribution in [2.24, 2.45) is 5.73 Å². The monoisotopic (exact) mass is 900 g/mol. The van der Waals surface area contributed by atoms with Gasteiger partial charge in [-0.15, -0.1) is 0 Å². The predicted octanol–water partition coefficient (Wildman–Crippen LogP) is -3.17. The van der Waals surface area contributed by atoms with E-state index in [1.165, 1.54) is 11.8 Å². The number of ketones is 1. The summed E-state index contributed by atoms with van der Waals surface area (Å²) in [5.41, 5.74) is 8.23. The number of aliphatic hydroxyl groups is 8. The zero-order valence-corrected chi connectivity index (χ0v) is 34.4. The number of hydrogen-bond donors (Lipinski definition) is 12. The predicted molar refractivity (Wildman–Crippen MR) is 215 cm³/mol. The first-order valence-electron chi connectivity index (χ1n) is 19.4. The average Bonchev–Trinajstić information content (AvgIpc) is 3.27. The first kappa shape index (κ1) is 52.3. The number of nitrogens with two attached hydrogens (primary N) is 1. The van der Waals surface area contributed by atoms with E-state index in [9.17, 15) is 54.9 Å². The molecule has 2 aliphatic heterocycles. The molecule has 2 fully saturated rings. The third-order valence-electron chi connectivity index (χ3n) is 9.56. The van der Waals surface area contributed by atoms with E-state index in [1.54, 1.807) is 42.7 Å². The lowest BCUT2D eigenvalue weighted by molar-refractivity contribution is -0.304. The van der Waals surface area contributed by atoms with E-state index in [1.807, 2.05) is 0 Å². The molecule has 4 heterocycles. The summed E-state index contributed by atoms with van der Waals surface area (Å²) in [6.07, 6.45) is -8.90. The van der Waals surface area contributed by atoms with Gasteiger partial charge in [-0.1, -0.05) is 18.7 Å². The minimum Gasteiger partial charge on any atom is -0.481 e. The molecule has 4 rings (SSSR count). The highest BCUT2D eigenvalue weighted by Gasteiger charge is 2.45. The smallest absolute Gasteiger partial charge is 0.320 e. The number of aryl methyl sites for hydroxylation is 1. The van der Waals surface area contributed by atoms with Crippen LogP contribution in [0.1, 0.15) is 48.2 Å². The lowest BCUT2D eigenvalue weighted by Crippen LogP contribution is -2.59. The highest BCUT2D eigenvalue weighted by atomic mass is 32.2. The number of pyridine rings is 2. The van der Waals surface area contributed by atoms with Gasteiger partial charge in [-0.25, -0.2) is 0 Å². The molecule has 0 aliphatic carbocycles. The van der Waals surface area contributed by atoms with Crippen molar-refractivity contribution in [3.8, 4) is 0 Å². The molecule has 23 heteroatoms. The molecule has 346 valence electrons. The van der Waals surface area contributed by atoms with Gasteiger partial charge in [-0.3, -0.25) is 29.1 Å². The Morgan fingerprint density at radius 1 is 0.790 bits per heavy atom. The molecule has 0 bridgehead atoms. The lowest BCUT2D eigenvalue weighted by atomic mass is 9.99. The second-order valence-corrected chi connectivity index (χ2v) is 15.4. The van der Waals surface area contributed by atoms with Gasteiger partial charge in [0.1, 0.15) is 54.9 Å². The van der Waals surface area contributed by atoms with Gasteiger partial charge in [-0.2, -0.15) is 11.8 Å². The van der Waals surface area contributed by atoms with Crippen LogP contribution in [0.5, 0.6) is 0 Å². The summed E-state index contributed by atoms with van der Waals surface area (Å²) in [6, 6.07) is 4.87. The number of nitrogens with one attached hydrogen (secondary N) is 1. The maximum atomic E-state index is 12.5. The number of rotatable bonds is 23. The molecule has 0 spiro atoms. The molecule has 12 atom stereocenters. The number of Topliss-reactive ketones (excluding diaryl/α,β-unsaturated/α-hetero) is 1. The Morgan fingerprint density at radius 3 is 1.79 bits per heavy atom. The minimum atomic E-state index is -1.54. The second kappa shape index (κ2) is 26.5. The SMILES string of the molecule is C=Cc1ccc(CO[C@@H]2OC(CO)[C@@H](O)[C@H](O)C2O)cn1.NC(CCC(=O)NC(CSCCc1ccc(CO[C@H]2OC(CO)[C@H](O)C(O)[C@H]2O)cn1)C(=O)CCC(=O)O)C(=O)O. The Labute approximate surface area is 360 Å². The van der Waals surface area contributed by atoms with Crippen molar-refractivity contribution in [2.45, 2.75) is 119 Å². The average molecular weight is 901 g/mol. The fourth-order valence-electron chi connectivity index (χ4n) is 5.77. The maximum Gasteiger partial charge on any atom is 0.320 e. The number of hydrogen-bond acceptors (Lipinski definition) is 20. The first-order chi connectivity index (χ1) is 29.5. The van der Waals surface area contributed by atoms with E-state index in [4.69, 9.17) is 40.0 Å². The van der Waals surface area contributed by atoms with Gasteiger partial charge in [-0.05, 0) is 47.9 Å². The molecular formula is C39H56N4O18S. The number of ether oxygens (including phenoxy) is 4. The van der Waals surface area contributed by atoms with Gasteiger partial charge in [0.15, 0.2) is 18.4 Å². The summed E-state index contributed by atoms with van der Waals surface area (Å²) < 4.78 is 21.4. The Balaban J connectivity index is 0.000000406. The molecule has 0 aromatic carbocycles. The van der Waals surface area contributed by atoms with Crippen LogP contribution in [0.3, 0.4) is 0 Å². The number of aliphatic hydroxyl groups excluding tert-OH is 8. The van der Waals surface area contributed by atoms with Crippen LogP contribution in [-0.4, -0.2) is 183 Å². The number of amides is 1. The van der Waals surface area contributed by atoms with Crippen molar-refractivity contribution in [3.05, 3.63) is 65.8 Å². The van der Waals surface area contributed by atoms with E-state index in [0.717, 1.165) is 17.0 Å². The number of carboxylic acids is 2. The molecule has 22 nitrogen and oxygen atoms in total. The van der Waals surface area contributed by atoms with Crippen LogP contribution in [0.15, 0.2) is 43.2 Å². The standard InChI is InChI=1S/C25H37N3O12S.C14H19NO6/c26-15(24(37)38)3-5-19(31)28-16(17(30)4-6-20(32)33)12-41-8-7-14-2-1-13(9-27-14)11-39-25-23(36)22(35)21(34)18(10-29)40-25;1-2-9-4-3-8(5-15-9)7-20-14-13(19)12(18)11(17)10(6-16)21-14/h1-2,9,15-16,18,21-23,25,29,34-36H,3-8,10-12,26H2,(H,28,31)(H,32,33)(H,37,38);2-5,10-14,16-19H,1,6-7H2/t15?,16?,18?,21-,22?,23+,25-;10?,11-,12+,13?,14-/m01/s1. The summed E-state index contributed by atoms with van der Waals surface area (Å²) in [5.74, 6) is -2.69. The molecule has 1 amide bonds. The van der Waals surface area contributed by atoms with Gasteiger partial charge in [0.25, 0.3) is 0 Å². The Kier molecular flexibility index (Phi) is 22.4. The molecule has 0 saturated carbocycles. The van der Waals surface area contributed by atoms with Gasteiger partial charge >= 0.3 is 11.9 Å². The number of thioether (sulfide) groups is 1. The van der Waals surface area contributed by atoms with Crippen LogP contribution in [0.25, 0.3) is 6.08 Å². The maximum absolute atomic E-state index is 12.5.